The lowest BCUT2D eigenvalue weighted by atomic mass is 9.30. The number of benzene rings is 2. The Balaban J connectivity index is 1.21. The van der Waals surface area contributed by atoms with E-state index < -0.39 is 0 Å². The van der Waals surface area contributed by atoms with Gasteiger partial charge in [0, 0.05) is 0 Å². The van der Waals surface area contributed by atoms with Gasteiger partial charge in [-0.15, -0.1) is 0 Å². The second-order valence-corrected chi connectivity index (χ2v) is 12.4. The molecule has 4 aliphatic rings. The zero-order chi connectivity index (χ0) is 22.4. The predicted molar refractivity (Wildman–Crippen MR) is 142 cm³/mol. The lowest BCUT2D eigenvalue weighted by molar-refractivity contribution is 0.228. The van der Waals surface area contributed by atoms with Gasteiger partial charge in [-0.05, 0) is 78.2 Å². The standard InChI is InChI=1S/C32H43B/c1-22-21-30-26(24-13-7-4-8-14-24)16-10-18-29(30)32(22)33(2)31-20-19-27-25(15-9-17-28(27)31)23-11-5-3-6-12-23/h3-8,11-14,22,25-32H,9-10,15-21H2,1-2H3/t22-,25?,26?,27?,28?,29?,30?,31?,32?/m1/s1. The summed E-state index contributed by atoms with van der Waals surface area (Å²) in [5.41, 5.74) is 3.26. The molecule has 0 N–H and O–H groups in total. The zero-order valence-corrected chi connectivity index (χ0v) is 20.9. The Kier molecular flexibility index (Phi) is 6.18. The van der Waals surface area contributed by atoms with Crippen LogP contribution in [-0.4, -0.2) is 6.71 Å². The molecule has 33 heavy (non-hydrogen) atoms. The fourth-order valence-corrected chi connectivity index (χ4v) is 10.0. The van der Waals surface area contributed by atoms with E-state index in [0.717, 1.165) is 59.8 Å². The molecular weight excluding hydrogens is 395 g/mol. The van der Waals surface area contributed by atoms with Crippen LogP contribution in [0.1, 0.15) is 87.7 Å². The minimum Gasteiger partial charge on any atom is -0.0856 e. The first-order valence-electron chi connectivity index (χ1n) is 14.3. The van der Waals surface area contributed by atoms with Crippen LogP contribution in [0, 0.1) is 29.6 Å². The molecule has 0 aromatic heterocycles. The van der Waals surface area contributed by atoms with E-state index in [0.29, 0.717) is 0 Å². The summed E-state index contributed by atoms with van der Waals surface area (Å²) in [6.45, 7) is 6.24. The molecule has 0 aliphatic heterocycles. The predicted octanol–water partition coefficient (Wildman–Crippen LogP) is 9.09. The van der Waals surface area contributed by atoms with E-state index in [1.807, 2.05) is 0 Å². The first-order chi connectivity index (χ1) is 16.2. The summed E-state index contributed by atoms with van der Waals surface area (Å²) >= 11 is 0. The van der Waals surface area contributed by atoms with Gasteiger partial charge in [0.2, 0.25) is 0 Å². The monoisotopic (exact) mass is 438 g/mol. The van der Waals surface area contributed by atoms with E-state index in [1.54, 1.807) is 11.1 Å². The molecule has 4 fully saturated rings. The molecule has 0 nitrogen and oxygen atoms in total. The maximum atomic E-state index is 2.70. The Morgan fingerprint density at radius 2 is 1.18 bits per heavy atom. The molecule has 4 aliphatic carbocycles. The Labute approximate surface area is 203 Å². The fourth-order valence-electron chi connectivity index (χ4n) is 10.0. The third kappa shape index (κ3) is 3.92. The molecule has 0 bridgehead atoms. The van der Waals surface area contributed by atoms with E-state index >= 15 is 0 Å². The van der Waals surface area contributed by atoms with Crippen LogP contribution in [0.15, 0.2) is 60.7 Å². The highest BCUT2D eigenvalue weighted by Gasteiger charge is 2.53. The van der Waals surface area contributed by atoms with E-state index in [2.05, 4.69) is 74.4 Å². The molecule has 174 valence electrons. The van der Waals surface area contributed by atoms with Crippen molar-refractivity contribution in [1.82, 2.24) is 0 Å². The van der Waals surface area contributed by atoms with Gasteiger partial charge in [0.15, 0.2) is 0 Å². The van der Waals surface area contributed by atoms with E-state index in [1.165, 1.54) is 57.8 Å². The molecule has 4 saturated carbocycles. The topological polar surface area (TPSA) is 0 Å². The quantitative estimate of drug-likeness (QED) is 0.418. The number of fused-ring (bicyclic) bond motifs is 2. The molecule has 0 amide bonds. The van der Waals surface area contributed by atoms with E-state index in [4.69, 9.17) is 0 Å². The molecular formula is C32H43B. The molecule has 9 atom stereocenters. The third-order valence-corrected chi connectivity index (χ3v) is 11.2. The molecule has 0 heterocycles. The van der Waals surface area contributed by atoms with Crippen molar-refractivity contribution in [3.63, 3.8) is 0 Å². The van der Waals surface area contributed by atoms with Crippen LogP contribution in [0.3, 0.4) is 0 Å². The van der Waals surface area contributed by atoms with Gasteiger partial charge in [-0.25, -0.2) is 0 Å². The minimum atomic E-state index is 0.818. The molecule has 1 heteroatoms. The van der Waals surface area contributed by atoms with Gasteiger partial charge >= 0.3 is 0 Å². The highest BCUT2D eigenvalue weighted by Crippen LogP contribution is 2.62. The number of rotatable bonds is 4. The summed E-state index contributed by atoms with van der Waals surface area (Å²) in [5.74, 6) is 8.33. The van der Waals surface area contributed by atoms with Crippen LogP contribution in [-0.2, 0) is 0 Å². The van der Waals surface area contributed by atoms with Crippen molar-refractivity contribution in [1.29, 1.82) is 0 Å². The summed E-state index contributed by atoms with van der Waals surface area (Å²) in [6.07, 6.45) is 13.2. The number of hydrogen-bond donors (Lipinski definition) is 0. The maximum Gasteiger partial charge on any atom is 0.144 e. The second-order valence-electron chi connectivity index (χ2n) is 12.4. The van der Waals surface area contributed by atoms with Crippen LogP contribution < -0.4 is 0 Å². The molecule has 2 aromatic rings. The Morgan fingerprint density at radius 1 is 0.606 bits per heavy atom. The van der Waals surface area contributed by atoms with Crippen molar-refractivity contribution in [2.75, 3.05) is 0 Å². The molecule has 2 aromatic carbocycles. The molecule has 0 spiro atoms. The van der Waals surface area contributed by atoms with Crippen LogP contribution in [0.4, 0.5) is 0 Å². The Morgan fingerprint density at radius 3 is 1.82 bits per heavy atom. The van der Waals surface area contributed by atoms with Gasteiger partial charge < -0.3 is 0 Å². The largest absolute Gasteiger partial charge is 0.144 e. The van der Waals surface area contributed by atoms with Gasteiger partial charge in [-0.3, -0.25) is 0 Å². The SMILES string of the molecule is CB(C1CCC2C(c3ccccc3)CCCC12)C1C2CCCC(c3ccccc3)C2C[C@H]1C. The Hall–Kier alpha value is -1.50. The first kappa shape index (κ1) is 22.0. The van der Waals surface area contributed by atoms with Crippen LogP contribution in [0.2, 0.25) is 18.5 Å². The number of hydrogen-bond acceptors (Lipinski definition) is 0. The summed E-state index contributed by atoms with van der Waals surface area (Å²) in [5, 5.41) is 0. The zero-order valence-electron chi connectivity index (χ0n) is 20.9. The molecule has 8 unspecified atom stereocenters. The third-order valence-electron chi connectivity index (χ3n) is 11.2. The fraction of sp³-hybridized carbons (Fsp3) is 0.625. The molecule has 0 saturated heterocycles. The van der Waals surface area contributed by atoms with Crippen LogP contribution in [0.25, 0.3) is 0 Å². The summed E-state index contributed by atoms with van der Waals surface area (Å²) in [6, 6.07) is 23.1. The maximum absolute atomic E-state index is 2.70. The van der Waals surface area contributed by atoms with Crippen LogP contribution >= 0.6 is 0 Å². The van der Waals surface area contributed by atoms with Crippen molar-refractivity contribution < 1.29 is 0 Å². The Bertz CT molecular complexity index is 907. The lowest BCUT2D eigenvalue weighted by Gasteiger charge is -2.42. The average Bonchev–Trinajstić information content (AvgIpc) is 3.45. The summed E-state index contributed by atoms with van der Waals surface area (Å²) < 4.78 is 0. The normalized spacial score (nSPS) is 40.2. The van der Waals surface area contributed by atoms with Crippen molar-refractivity contribution in [2.24, 2.45) is 29.6 Å². The van der Waals surface area contributed by atoms with Crippen molar-refractivity contribution >= 4 is 6.71 Å². The smallest absolute Gasteiger partial charge is 0.0856 e. The highest BCUT2D eigenvalue weighted by molar-refractivity contribution is 6.61. The van der Waals surface area contributed by atoms with Gasteiger partial charge in [0.05, 0.1) is 0 Å². The van der Waals surface area contributed by atoms with Gasteiger partial charge in [-0.2, -0.15) is 0 Å². The summed E-state index contributed by atoms with van der Waals surface area (Å²) in [4.78, 5) is 0. The average molecular weight is 439 g/mol. The van der Waals surface area contributed by atoms with Crippen molar-refractivity contribution in [2.45, 2.75) is 95.0 Å². The van der Waals surface area contributed by atoms with Gasteiger partial charge in [0.1, 0.15) is 6.71 Å². The molecule has 0 radical (unpaired) electrons. The van der Waals surface area contributed by atoms with Crippen molar-refractivity contribution in [3.8, 4) is 0 Å². The minimum absolute atomic E-state index is 0.818. The summed E-state index contributed by atoms with van der Waals surface area (Å²) in [7, 11) is 0. The van der Waals surface area contributed by atoms with E-state index in [-0.39, 0.29) is 0 Å². The van der Waals surface area contributed by atoms with Crippen LogP contribution in [0.5, 0.6) is 0 Å². The first-order valence-corrected chi connectivity index (χ1v) is 14.3. The van der Waals surface area contributed by atoms with Gasteiger partial charge in [0.25, 0.3) is 0 Å². The molecule has 6 rings (SSSR count). The lowest BCUT2D eigenvalue weighted by Crippen LogP contribution is -2.36. The van der Waals surface area contributed by atoms with Gasteiger partial charge in [-0.1, -0.05) is 118 Å². The highest BCUT2D eigenvalue weighted by atomic mass is 14.5. The second kappa shape index (κ2) is 9.28. The van der Waals surface area contributed by atoms with E-state index in [9.17, 15) is 0 Å². The van der Waals surface area contributed by atoms with Crippen molar-refractivity contribution in [3.05, 3.63) is 71.8 Å².